The SMILES string of the molecule is Cc1ccc(NC(=O)c2ccccc2-c2ncc(-c3cccc(Br)c3)o2)c(C)c1. The van der Waals surface area contributed by atoms with Crippen molar-refractivity contribution >= 4 is 27.5 Å². The lowest BCUT2D eigenvalue weighted by Crippen LogP contribution is -2.14. The van der Waals surface area contributed by atoms with E-state index < -0.39 is 0 Å². The van der Waals surface area contributed by atoms with Crippen molar-refractivity contribution in [2.24, 2.45) is 0 Å². The molecule has 1 heterocycles. The molecule has 0 atom stereocenters. The molecule has 3 aromatic carbocycles. The van der Waals surface area contributed by atoms with Crippen molar-refractivity contribution in [1.29, 1.82) is 0 Å². The van der Waals surface area contributed by atoms with Crippen LogP contribution in [0.2, 0.25) is 0 Å². The number of nitrogens with zero attached hydrogens (tertiary/aromatic N) is 1. The molecule has 1 aromatic heterocycles. The van der Waals surface area contributed by atoms with E-state index in [1.54, 1.807) is 12.3 Å². The van der Waals surface area contributed by atoms with Gasteiger partial charge in [-0.15, -0.1) is 0 Å². The molecular weight excluding hydrogens is 428 g/mol. The van der Waals surface area contributed by atoms with Crippen LogP contribution in [0.3, 0.4) is 0 Å². The van der Waals surface area contributed by atoms with Gasteiger partial charge >= 0.3 is 0 Å². The summed E-state index contributed by atoms with van der Waals surface area (Å²) in [6.45, 7) is 4.01. The van der Waals surface area contributed by atoms with E-state index in [-0.39, 0.29) is 5.91 Å². The summed E-state index contributed by atoms with van der Waals surface area (Å²) >= 11 is 3.47. The Hall–Kier alpha value is -3.18. The van der Waals surface area contributed by atoms with Crippen LogP contribution >= 0.6 is 15.9 Å². The summed E-state index contributed by atoms with van der Waals surface area (Å²) in [7, 11) is 0. The molecule has 1 amide bonds. The molecule has 0 fully saturated rings. The van der Waals surface area contributed by atoms with Crippen LogP contribution in [0.15, 0.2) is 81.8 Å². The number of hydrogen-bond donors (Lipinski definition) is 1. The van der Waals surface area contributed by atoms with Crippen molar-refractivity contribution in [2.45, 2.75) is 13.8 Å². The number of amides is 1. The molecule has 4 rings (SSSR count). The van der Waals surface area contributed by atoms with E-state index in [9.17, 15) is 4.79 Å². The molecule has 0 aliphatic heterocycles. The van der Waals surface area contributed by atoms with Crippen LogP contribution in [0.5, 0.6) is 0 Å². The minimum absolute atomic E-state index is 0.199. The fourth-order valence-corrected chi connectivity index (χ4v) is 3.58. The second-order valence-electron chi connectivity index (χ2n) is 6.86. The van der Waals surface area contributed by atoms with Gasteiger partial charge in [0, 0.05) is 21.3 Å². The first-order valence-corrected chi connectivity index (χ1v) is 10.0. The predicted molar refractivity (Wildman–Crippen MR) is 119 cm³/mol. The Balaban J connectivity index is 1.66. The van der Waals surface area contributed by atoms with Crippen LogP contribution in [0, 0.1) is 13.8 Å². The highest BCUT2D eigenvalue weighted by molar-refractivity contribution is 9.10. The Morgan fingerprint density at radius 2 is 1.83 bits per heavy atom. The first kappa shape index (κ1) is 19.2. The number of benzene rings is 3. The second kappa shape index (κ2) is 8.05. The van der Waals surface area contributed by atoms with Crippen LogP contribution in [-0.2, 0) is 0 Å². The largest absolute Gasteiger partial charge is 0.436 e. The van der Waals surface area contributed by atoms with Gasteiger partial charge in [0.2, 0.25) is 5.89 Å². The molecule has 0 saturated carbocycles. The smallest absolute Gasteiger partial charge is 0.256 e. The number of rotatable bonds is 4. The lowest BCUT2D eigenvalue weighted by atomic mass is 10.1. The molecule has 0 bridgehead atoms. The van der Waals surface area contributed by atoms with E-state index in [0.717, 1.165) is 26.9 Å². The maximum Gasteiger partial charge on any atom is 0.256 e. The fourth-order valence-electron chi connectivity index (χ4n) is 3.18. The molecule has 29 heavy (non-hydrogen) atoms. The van der Waals surface area contributed by atoms with Gasteiger partial charge in [0.15, 0.2) is 5.76 Å². The van der Waals surface area contributed by atoms with E-state index in [4.69, 9.17) is 4.42 Å². The van der Waals surface area contributed by atoms with Gasteiger partial charge in [-0.1, -0.05) is 57.9 Å². The molecule has 0 unspecified atom stereocenters. The molecule has 0 aliphatic rings. The van der Waals surface area contributed by atoms with Crippen LogP contribution in [-0.4, -0.2) is 10.9 Å². The van der Waals surface area contributed by atoms with Gasteiger partial charge in [-0.05, 0) is 49.7 Å². The normalized spacial score (nSPS) is 10.7. The maximum atomic E-state index is 13.0. The first-order chi connectivity index (χ1) is 14.0. The summed E-state index contributed by atoms with van der Waals surface area (Å²) in [5.41, 5.74) is 5.03. The highest BCUT2D eigenvalue weighted by Crippen LogP contribution is 2.30. The number of aryl methyl sites for hydroxylation is 2. The van der Waals surface area contributed by atoms with E-state index in [1.807, 2.05) is 74.5 Å². The van der Waals surface area contributed by atoms with E-state index in [2.05, 4.69) is 26.2 Å². The molecule has 0 aliphatic carbocycles. The van der Waals surface area contributed by atoms with Gasteiger partial charge in [-0.25, -0.2) is 4.98 Å². The number of oxazole rings is 1. The second-order valence-corrected chi connectivity index (χ2v) is 7.77. The number of halogens is 1. The van der Waals surface area contributed by atoms with Crippen molar-refractivity contribution in [3.63, 3.8) is 0 Å². The minimum atomic E-state index is -0.199. The van der Waals surface area contributed by atoms with Crippen molar-refractivity contribution < 1.29 is 9.21 Å². The zero-order valence-corrected chi connectivity index (χ0v) is 17.7. The zero-order valence-electron chi connectivity index (χ0n) is 16.1. The third-order valence-corrected chi connectivity index (χ3v) is 5.14. The average molecular weight is 447 g/mol. The van der Waals surface area contributed by atoms with Crippen molar-refractivity contribution in [3.8, 4) is 22.8 Å². The number of anilines is 1. The fraction of sp³-hybridized carbons (Fsp3) is 0.0833. The monoisotopic (exact) mass is 446 g/mol. The molecule has 4 nitrogen and oxygen atoms in total. The lowest BCUT2D eigenvalue weighted by Gasteiger charge is -2.11. The topological polar surface area (TPSA) is 55.1 Å². The van der Waals surface area contributed by atoms with E-state index in [1.165, 1.54) is 0 Å². The van der Waals surface area contributed by atoms with Gasteiger partial charge in [0.25, 0.3) is 5.91 Å². The molecule has 144 valence electrons. The van der Waals surface area contributed by atoms with Crippen molar-refractivity contribution in [1.82, 2.24) is 4.98 Å². The summed E-state index contributed by atoms with van der Waals surface area (Å²) in [5.74, 6) is 0.854. The summed E-state index contributed by atoms with van der Waals surface area (Å²) in [6.07, 6.45) is 1.68. The highest BCUT2D eigenvalue weighted by Gasteiger charge is 2.17. The predicted octanol–water partition coefficient (Wildman–Crippen LogP) is 6.64. The Labute approximate surface area is 177 Å². The Kier molecular flexibility index (Phi) is 5.32. The number of aromatic nitrogens is 1. The van der Waals surface area contributed by atoms with E-state index >= 15 is 0 Å². The van der Waals surface area contributed by atoms with Crippen LogP contribution < -0.4 is 5.32 Å². The Morgan fingerprint density at radius 3 is 2.62 bits per heavy atom. The quantitative estimate of drug-likeness (QED) is 0.382. The summed E-state index contributed by atoms with van der Waals surface area (Å²) in [5, 5.41) is 3.00. The number of nitrogens with one attached hydrogen (secondary N) is 1. The third kappa shape index (κ3) is 4.15. The lowest BCUT2D eigenvalue weighted by molar-refractivity contribution is 0.102. The Bertz CT molecular complexity index is 1200. The first-order valence-electron chi connectivity index (χ1n) is 9.21. The van der Waals surface area contributed by atoms with Crippen LogP contribution in [0.25, 0.3) is 22.8 Å². The number of carbonyl (C=O) groups is 1. The third-order valence-electron chi connectivity index (χ3n) is 4.65. The molecule has 0 radical (unpaired) electrons. The molecular formula is C24H19BrN2O2. The van der Waals surface area contributed by atoms with Crippen molar-refractivity contribution in [2.75, 3.05) is 5.32 Å². The van der Waals surface area contributed by atoms with Crippen LogP contribution in [0.4, 0.5) is 5.69 Å². The maximum absolute atomic E-state index is 13.0. The van der Waals surface area contributed by atoms with Crippen molar-refractivity contribution in [3.05, 3.63) is 94.1 Å². The Morgan fingerprint density at radius 1 is 1.00 bits per heavy atom. The van der Waals surface area contributed by atoms with Crippen LogP contribution in [0.1, 0.15) is 21.5 Å². The summed E-state index contributed by atoms with van der Waals surface area (Å²) in [4.78, 5) is 17.4. The van der Waals surface area contributed by atoms with E-state index in [0.29, 0.717) is 22.8 Å². The zero-order chi connectivity index (χ0) is 20.4. The molecule has 0 saturated heterocycles. The standard InChI is InChI=1S/C24H19BrN2O2/c1-15-10-11-21(16(2)12-15)27-23(28)19-8-3-4-9-20(19)24-26-14-22(29-24)17-6-5-7-18(25)13-17/h3-14H,1-2H3,(H,27,28). The molecule has 1 N–H and O–H groups in total. The summed E-state index contributed by atoms with van der Waals surface area (Å²) in [6, 6.07) is 21.1. The number of carbonyl (C=O) groups excluding carboxylic acids is 1. The van der Waals surface area contributed by atoms with Gasteiger partial charge in [-0.2, -0.15) is 0 Å². The molecule has 4 aromatic rings. The van der Waals surface area contributed by atoms with Gasteiger partial charge in [0.05, 0.1) is 11.8 Å². The summed E-state index contributed by atoms with van der Waals surface area (Å²) < 4.78 is 6.94. The van der Waals surface area contributed by atoms with Gasteiger partial charge < -0.3 is 9.73 Å². The van der Waals surface area contributed by atoms with Gasteiger partial charge in [-0.3, -0.25) is 4.79 Å². The average Bonchev–Trinajstić information content (AvgIpc) is 3.20. The highest BCUT2D eigenvalue weighted by atomic mass is 79.9. The molecule has 0 spiro atoms. The minimum Gasteiger partial charge on any atom is -0.436 e. The molecule has 5 heteroatoms. The number of hydrogen-bond acceptors (Lipinski definition) is 3. The van der Waals surface area contributed by atoms with Gasteiger partial charge in [0.1, 0.15) is 0 Å².